The van der Waals surface area contributed by atoms with Gasteiger partial charge >= 0.3 is 7.12 Å². The van der Waals surface area contributed by atoms with E-state index in [1.54, 1.807) is 14.2 Å². The summed E-state index contributed by atoms with van der Waals surface area (Å²) >= 11 is 0. The molecule has 3 saturated carbocycles. The number of hydrogen-bond acceptors (Lipinski definition) is 5. The SMILES string of the molecule is CNC(COC)C(=O)NC(Cc1ccccc1)B1OC2CC3CC(C3(C)C)[C@]2(C)O1. The number of amides is 1. The first kappa shape index (κ1) is 21.8. The van der Waals surface area contributed by atoms with Gasteiger partial charge in [-0.05, 0) is 56.0 Å². The van der Waals surface area contributed by atoms with Gasteiger partial charge in [-0.25, -0.2) is 0 Å². The molecule has 1 aliphatic heterocycles. The highest BCUT2D eigenvalue weighted by atomic mass is 16.7. The number of rotatable bonds is 8. The Morgan fingerprint density at radius 2 is 2.00 bits per heavy atom. The third-order valence-corrected chi connectivity index (χ3v) is 7.92. The van der Waals surface area contributed by atoms with E-state index in [9.17, 15) is 4.79 Å². The van der Waals surface area contributed by atoms with Crippen LogP contribution in [0.1, 0.15) is 39.2 Å². The third-order valence-electron chi connectivity index (χ3n) is 7.92. The molecule has 1 saturated heterocycles. The summed E-state index contributed by atoms with van der Waals surface area (Å²) in [6.07, 6.45) is 2.99. The summed E-state index contributed by atoms with van der Waals surface area (Å²) in [4.78, 5) is 12.9. The molecule has 5 rings (SSSR count). The van der Waals surface area contributed by atoms with E-state index >= 15 is 0 Å². The predicted molar refractivity (Wildman–Crippen MR) is 117 cm³/mol. The first-order chi connectivity index (χ1) is 14.3. The lowest BCUT2D eigenvalue weighted by atomic mass is 9.43. The van der Waals surface area contributed by atoms with Gasteiger partial charge in [-0.3, -0.25) is 4.79 Å². The molecule has 0 radical (unpaired) electrons. The Labute approximate surface area is 180 Å². The Hall–Kier alpha value is -1.41. The molecule has 3 aliphatic carbocycles. The van der Waals surface area contributed by atoms with Crippen molar-refractivity contribution >= 4 is 13.0 Å². The second kappa shape index (κ2) is 8.27. The lowest BCUT2D eigenvalue weighted by molar-refractivity contribution is -0.199. The van der Waals surface area contributed by atoms with Crippen molar-refractivity contribution in [3.63, 3.8) is 0 Å². The fourth-order valence-corrected chi connectivity index (χ4v) is 5.89. The van der Waals surface area contributed by atoms with Crippen LogP contribution in [0, 0.1) is 17.3 Å². The molecule has 6 atom stereocenters. The van der Waals surface area contributed by atoms with Crippen LogP contribution in [0.3, 0.4) is 0 Å². The Bertz CT molecular complexity index is 761. The maximum atomic E-state index is 12.9. The summed E-state index contributed by atoms with van der Waals surface area (Å²) in [5.41, 5.74) is 1.14. The summed E-state index contributed by atoms with van der Waals surface area (Å²) in [5, 5.41) is 6.21. The van der Waals surface area contributed by atoms with Gasteiger partial charge < -0.3 is 24.7 Å². The molecule has 30 heavy (non-hydrogen) atoms. The number of ether oxygens (including phenoxy) is 1. The third kappa shape index (κ3) is 3.70. The number of benzene rings is 1. The minimum absolute atomic E-state index is 0.0912. The Kier molecular flexibility index (Phi) is 6.01. The van der Waals surface area contributed by atoms with Crippen molar-refractivity contribution in [1.82, 2.24) is 10.6 Å². The van der Waals surface area contributed by atoms with Crippen LogP contribution in [0.25, 0.3) is 0 Å². The van der Waals surface area contributed by atoms with Crippen molar-refractivity contribution in [2.45, 2.75) is 63.7 Å². The van der Waals surface area contributed by atoms with Crippen LogP contribution in [0.2, 0.25) is 0 Å². The summed E-state index contributed by atoms with van der Waals surface area (Å²) in [7, 11) is 2.91. The highest BCUT2D eigenvalue weighted by molar-refractivity contribution is 6.48. The van der Waals surface area contributed by atoms with Gasteiger partial charge in [0.15, 0.2) is 0 Å². The molecule has 1 amide bonds. The van der Waals surface area contributed by atoms with E-state index in [2.05, 4.69) is 43.5 Å². The molecule has 0 spiro atoms. The first-order valence-corrected chi connectivity index (χ1v) is 11.1. The fourth-order valence-electron chi connectivity index (χ4n) is 5.89. The van der Waals surface area contributed by atoms with Crippen LogP contribution in [0.4, 0.5) is 0 Å². The zero-order valence-corrected chi connectivity index (χ0v) is 18.8. The molecule has 5 unspecified atom stereocenters. The van der Waals surface area contributed by atoms with Gasteiger partial charge in [0.2, 0.25) is 5.91 Å². The topological polar surface area (TPSA) is 68.8 Å². The van der Waals surface area contributed by atoms with Crippen molar-refractivity contribution in [2.24, 2.45) is 17.3 Å². The molecule has 7 heteroatoms. The quantitative estimate of drug-likeness (QED) is 0.639. The van der Waals surface area contributed by atoms with Gasteiger partial charge in [-0.2, -0.15) is 0 Å². The molecule has 0 aromatic heterocycles. The second-order valence-electron chi connectivity index (χ2n) is 9.94. The van der Waals surface area contributed by atoms with Crippen molar-refractivity contribution in [3.8, 4) is 0 Å². The van der Waals surface area contributed by atoms with Crippen molar-refractivity contribution in [2.75, 3.05) is 20.8 Å². The average molecular weight is 414 g/mol. The lowest BCUT2D eigenvalue weighted by Gasteiger charge is -2.64. The van der Waals surface area contributed by atoms with E-state index in [4.69, 9.17) is 14.0 Å². The minimum Gasteiger partial charge on any atom is -0.404 e. The first-order valence-electron chi connectivity index (χ1n) is 11.1. The van der Waals surface area contributed by atoms with Gasteiger partial charge in [-0.1, -0.05) is 44.2 Å². The zero-order chi connectivity index (χ0) is 21.5. The molecule has 2 N–H and O–H groups in total. The van der Waals surface area contributed by atoms with E-state index < -0.39 is 13.2 Å². The Morgan fingerprint density at radius 3 is 2.63 bits per heavy atom. The molecule has 4 aliphatic rings. The van der Waals surface area contributed by atoms with Crippen LogP contribution in [-0.2, 0) is 25.3 Å². The highest BCUT2D eigenvalue weighted by Crippen LogP contribution is 2.65. The maximum Gasteiger partial charge on any atom is 0.482 e. The van der Waals surface area contributed by atoms with Crippen molar-refractivity contribution < 1.29 is 18.8 Å². The maximum absolute atomic E-state index is 12.9. The molecule has 164 valence electrons. The molecule has 1 aromatic rings. The molecule has 4 fully saturated rings. The van der Waals surface area contributed by atoms with E-state index in [0.29, 0.717) is 24.9 Å². The van der Waals surface area contributed by atoms with Crippen molar-refractivity contribution in [1.29, 1.82) is 0 Å². The summed E-state index contributed by atoms with van der Waals surface area (Å²) < 4.78 is 18.3. The smallest absolute Gasteiger partial charge is 0.404 e. The average Bonchev–Trinajstić information content (AvgIpc) is 3.09. The number of carbonyl (C=O) groups is 1. The van der Waals surface area contributed by atoms with E-state index in [-0.39, 0.29) is 29.0 Å². The van der Waals surface area contributed by atoms with Gasteiger partial charge in [-0.15, -0.1) is 0 Å². The number of hydrogen-bond donors (Lipinski definition) is 2. The summed E-state index contributed by atoms with van der Waals surface area (Å²) in [5.74, 6) is 0.818. The minimum atomic E-state index is -0.459. The van der Waals surface area contributed by atoms with Crippen LogP contribution in [0.15, 0.2) is 30.3 Å². The van der Waals surface area contributed by atoms with E-state index in [1.165, 1.54) is 6.42 Å². The normalized spacial score (nSPS) is 33.4. The van der Waals surface area contributed by atoms with Crippen LogP contribution in [0.5, 0.6) is 0 Å². The molecular formula is C23H35BN2O4. The van der Waals surface area contributed by atoms with Gasteiger partial charge in [0.05, 0.1) is 24.3 Å². The number of likely N-dealkylation sites (N-methyl/N-ethyl adjacent to an activating group) is 1. The predicted octanol–water partition coefficient (Wildman–Crippen LogP) is 2.22. The van der Waals surface area contributed by atoms with Gasteiger partial charge in [0.25, 0.3) is 0 Å². The van der Waals surface area contributed by atoms with Crippen LogP contribution < -0.4 is 10.6 Å². The van der Waals surface area contributed by atoms with Gasteiger partial charge in [0.1, 0.15) is 6.04 Å². The standard InChI is InChI=1S/C23H35BN2O4/c1-22(2)16-12-18(22)23(3)19(13-16)29-24(30-23)20(11-15-9-7-6-8-10-15)26-21(27)17(25-4)14-28-5/h6-10,16-20,25H,11-14H2,1-5H3,(H,26,27)/t16?,17?,18?,19?,20?,23-/m0/s1. The van der Waals surface area contributed by atoms with E-state index in [1.807, 2.05) is 18.2 Å². The zero-order valence-electron chi connectivity index (χ0n) is 18.8. The Balaban J connectivity index is 1.53. The molecule has 2 bridgehead atoms. The number of nitrogens with one attached hydrogen (secondary N) is 2. The summed E-state index contributed by atoms with van der Waals surface area (Å²) in [6.45, 7) is 7.23. The molecule has 1 aromatic carbocycles. The number of carbonyl (C=O) groups excluding carboxylic acids is 1. The monoisotopic (exact) mass is 414 g/mol. The van der Waals surface area contributed by atoms with Crippen LogP contribution in [-0.4, -0.2) is 57.5 Å². The molecular weight excluding hydrogens is 379 g/mol. The number of methoxy groups -OCH3 is 1. The van der Waals surface area contributed by atoms with E-state index in [0.717, 1.165) is 12.0 Å². The van der Waals surface area contributed by atoms with Crippen molar-refractivity contribution in [3.05, 3.63) is 35.9 Å². The largest absolute Gasteiger partial charge is 0.482 e. The van der Waals surface area contributed by atoms with Gasteiger partial charge in [0, 0.05) is 7.11 Å². The lowest BCUT2D eigenvalue weighted by Crippen LogP contribution is -2.65. The summed E-state index contributed by atoms with van der Waals surface area (Å²) in [6, 6.07) is 9.77. The molecule has 6 nitrogen and oxygen atoms in total. The molecule has 1 heterocycles. The Morgan fingerprint density at radius 1 is 1.27 bits per heavy atom. The second-order valence-corrected chi connectivity index (χ2v) is 9.94. The highest BCUT2D eigenvalue weighted by Gasteiger charge is 2.68. The van der Waals surface area contributed by atoms with Crippen LogP contribution >= 0.6 is 0 Å². The fraction of sp³-hybridized carbons (Fsp3) is 0.696.